The first-order chi connectivity index (χ1) is 9.58. The summed E-state index contributed by atoms with van der Waals surface area (Å²) in [6.07, 6.45) is 1.54. The zero-order valence-corrected chi connectivity index (χ0v) is 13.3. The van der Waals surface area contributed by atoms with Crippen LogP contribution in [0.2, 0.25) is 0 Å². The van der Waals surface area contributed by atoms with Crippen molar-refractivity contribution in [2.75, 3.05) is 18.8 Å². The number of anilines is 1. The molecule has 5 nitrogen and oxygen atoms in total. The molecule has 1 aliphatic heterocycles. The van der Waals surface area contributed by atoms with Crippen molar-refractivity contribution in [3.05, 3.63) is 23.4 Å². The summed E-state index contributed by atoms with van der Waals surface area (Å²) in [5.41, 5.74) is 6.22. The van der Waals surface area contributed by atoms with Gasteiger partial charge in [0, 0.05) is 29.8 Å². The molecule has 1 fully saturated rings. The number of nitrogens with two attached hydrogens (primary N) is 1. The van der Waals surface area contributed by atoms with Gasteiger partial charge in [-0.25, -0.2) is 4.98 Å². The molecule has 0 radical (unpaired) electrons. The third-order valence-electron chi connectivity index (χ3n) is 3.82. The Kier molecular flexibility index (Phi) is 3.97. The minimum Gasteiger partial charge on any atom is -0.388 e. The largest absolute Gasteiger partial charge is 0.388 e. The number of nitrogen functional groups attached to an aromatic ring is 1. The lowest BCUT2D eigenvalue weighted by atomic mass is 9.90. The van der Waals surface area contributed by atoms with E-state index in [0.717, 1.165) is 18.5 Å². The topological polar surface area (TPSA) is 79.5 Å². The molecule has 2 rings (SSSR count). The third-order valence-corrected chi connectivity index (χ3v) is 3.82. The van der Waals surface area contributed by atoms with E-state index in [-0.39, 0.29) is 11.3 Å². The Morgan fingerprint density at radius 3 is 2.67 bits per heavy atom. The highest BCUT2D eigenvalue weighted by Crippen LogP contribution is 2.25. The monoisotopic (exact) mass is 291 g/mol. The highest BCUT2D eigenvalue weighted by Gasteiger charge is 2.31. The summed E-state index contributed by atoms with van der Waals surface area (Å²) < 4.78 is 0. The summed E-state index contributed by atoms with van der Waals surface area (Å²) in [6, 6.07) is 3.42. The highest BCUT2D eigenvalue weighted by molar-refractivity contribution is 5.95. The van der Waals surface area contributed by atoms with Crippen LogP contribution >= 0.6 is 0 Å². The normalized spacial score (nSPS) is 23.2. The van der Waals surface area contributed by atoms with Crippen LogP contribution in [-0.2, 0) is 5.41 Å². The van der Waals surface area contributed by atoms with Crippen LogP contribution in [0.4, 0.5) is 5.82 Å². The number of nitrogens with zero attached hydrogens (tertiary/aromatic N) is 2. The lowest BCUT2D eigenvalue weighted by molar-refractivity contribution is -0.0107. The minimum absolute atomic E-state index is 0.0884. The Bertz CT molecular complexity index is 547. The predicted molar refractivity (Wildman–Crippen MR) is 83.1 cm³/mol. The molecule has 0 spiro atoms. The lowest BCUT2D eigenvalue weighted by Crippen LogP contribution is -2.48. The van der Waals surface area contributed by atoms with Gasteiger partial charge >= 0.3 is 0 Å². The number of β-amino-alcohol motifs (C(OH)–C–C–N with tert-alkyl or cyclic N) is 1. The Morgan fingerprint density at radius 2 is 2.10 bits per heavy atom. The molecule has 1 aromatic heterocycles. The maximum atomic E-state index is 12.7. The van der Waals surface area contributed by atoms with Crippen molar-refractivity contribution in [3.8, 4) is 0 Å². The van der Waals surface area contributed by atoms with Crippen molar-refractivity contribution >= 4 is 11.7 Å². The van der Waals surface area contributed by atoms with Crippen LogP contribution < -0.4 is 5.73 Å². The van der Waals surface area contributed by atoms with Crippen LogP contribution in [0.5, 0.6) is 0 Å². The summed E-state index contributed by atoms with van der Waals surface area (Å²) in [7, 11) is 0. The van der Waals surface area contributed by atoms with Gasteiger partial charge < -0.3 is 15.7 Å². The van der Waals surface area contributed by atoms with Crippen LogP contribution in [-0.4, -0.2) is 39.6 Å². The summed E-state index contributed by atoms with van der Waals surface area (Å²) in [4.78, 5) is 18.7. The number of rotatable bonds is 1. The van der Waals surface area contributed by atoms with E-state index >= 15 is 0 Å². The maximum absolute atomic E-state index is 12.7. The van der Waals surface area contributed by atoms with Crippen LogP contribution in [0.1, 0.15) is 56.6 Å². The number of aliphatic hydroxyl groups is 1. The van der Waals surface area contributed by atoms with Gasteiger partial charge in [0.25, 0.3) is 5.91 Å². The molecular formula is C16H25N3O2. The van der Waals surface area contributed by atoms with E-state index in [9.17, 15) is 9.90 Å². The molecular weight excluding hydrogens is 266 g/mol. The second kappa shape index (κ2) is 5.30. The van der Waals surface area contributed by atoms with E-state index in [2.05, 4.69) is 4.98 Å². The van der Waals surface area contributed by atoms with Crippen molar-refractivity contribution in [1.82, 2.24) is 9.88 Å². The zero-order chi connectivity index (χ0) is 15.8. The van der Waals surface area contributed by atoms with Crippen LogP contribution in [0.25, 0.3) is 0 Å². The smallest absolute Gasteiger partial charge is 0.254 e. The van der Waals surface area contributed by atoms with Gasteiger partial charge in [-0.3, -0.25) is 4.79 Å². The summed E-state index contributed by atoms with van der Waals surface area (Å²) in [5.74, 6) is 0.268. The molecule has 1 unspecified atom stereocenters. The molecule has 1 amide bonds. The van der Waals surface area contributed by atoms with Gasteiger partial charge in [0.15, 0.2) is 0 Å². The average molecular weight is 291 g/mol. The first-order valence-electron chi connectivity index (χ1n) is 7.38. The molecule has 1 atom stereocenters. The average Bonchev–Trinajstić information content (AvgIpc) is 2.35. The fraction of sp³-hybridized carbons (Fsp3) is 0.625. The van der Waals surface area contributed by atoms with E-state index in [0.29, 0.717) is 24.5 Å². The number of hydrogen-bond acceptors (Lipinski definition) is 4. The van der Waals surface area contributed by atoms with Gasteiger partial charge in [0.05, 0.1) is 5.60 Å². The van der Waals surface area contributed by atoms with Crippen molar-refractivity contribution in [3.63, 3.8) is 0 Å². The second-order valence-electron chi connectivity index (χ2n) is 7.24. The molecule has 1 aromatic rings. The first kappa shape index (κ1) is 15.8. The van der Waals surface area contributed by atoms with Gasteiger partial charge in [0.1, 0.15) is 5.82 Å². The molecule has 3 N–H and O–H groups in total. The molecule has 116 valence electrons. The van der Waals surface area contributed by atoms with Crippen molar-refractivity contribution in [2.45, 2.75) is 51.6 Å². The Labute approximate surface area is 126 Å². The van der Waals surface area contributed by atoms with Gasteiger partial charge in [-0.2, -0.15) is 0 Å². The molecule has 0 aromatic carbocycles. The van der Waals surface area contributed by atoms with Crippen molar-refractivity contribution < 1.29 is 9.90 Å². The molecule has 0 saturated carbocycles. The fourth-order valence-electron chi connectivity index (χ4n) is 2.64. The summed E-state index contributed by atoms with van der Waals surface area (Å²) in [5, 5.41) is 10.1. The molecule has 1 saturated heterocycles. The summed E-state index contributed by atoms with van der Waals surface area (Å²) >= 11 is 0. The number of carbonyl (C=O) groups excluding carboxylic acids is 1. The minimum atomic E-state index is -0.806. The quantitative estimate of drug-likeness (QED) is 0.829. The molecule has 0 aliphatic carbocycles. The summed E-state index contributed by atoms with van der Waals surface area (Å²) in [6.45, 7) is 8.91. The maximum Gasteiger partial charge on any atom is 0.254 e. The van der Waals surface area contributed by atoms with Gasteiger partial charge in [-0.15, -0.1) is 0 Å². The number of pyridine rings is 1. The van der Waals surface area contributed by atoms with E-state index in [1.165, 1.54) is 0 Å². The standard InChI is InChI=1S/C16H25N3O2/c1-15(2,3)12-8-11(9-13(17)18-12)14(20)19-7-5-6-16(4,21)10-19/h8-9,21H,5-7,10H2,1-4H3,(H2,17,18). The lowest BCUT2D eigenvalue weighted by Gasteiger charge is -2.37. The highest BCUT2D eigenvalue weighted by atomic mass is 16.3. The van der Waals surface area contributed by atoms with Crippen molar-refractivity contribution in [1.29, 1.82) is 0 Å². The van der Waals surface area contributed by atoms with Crippen LogP contribution in [0.15, 0.2) is 12.1 Å². The Morgan fingerprint density at radius 1 is 1.43 bits per heavy atom. The van der Waals surface area contributed by atoms with Crippen LogP contribution in [0.3, 0.4) is 0 Å². The molecule has 0 bridgehead atoms. The van der Waals surface area contributed by atoms with Gasteiger partial charge in [0.2, 0.25) is 0 Å². The predicted octanol–water partition coefficient (Wildman–Crippen LogP) is 1.95. The number of carbonyl (C=O) groups is 1. The first-order valence-corrected chi connectivity index (χ1v) is 7.38. The Balaban J connectivity index is 2.29. The van der Waals surface area contributed by atoms with E-state index in [4.69, 9.17) is 5.73 Å². The van der Waals surface area contributed by atoms with Crippen molar-refractivity contribution in [2.24, 2.45) is 0 Å². The van der Waals surface area contributed by atoms with Gasteiger partial charge in [-0.05, 0) is 31.9 Å². The molecule has 2 heterocycles. The Hall–Kier alpha value is -1.62. The number of likely N-dealkylation sites (tertiary alicyclic amines) is 1. The number of amides is 1. The number of hydrogen-bond donors (Lipinski definition) is 2. The molecule has 5 heteroatoms. The van der Waals surface area contributed by atoms with E-state index in [1.54, 1.807) is 17.9 Å². The fourth-order valence-corrected chi connectivity index (χ4v) is 2.64. The molecule has 1 aliphatic rings. The number of aromatic nitrogens is 1. The molecule has 21 heavy (non-hydrogen) atoms. The third kappa shape index (κ3) is 3.73. The SMILES string of the molecule is CC1(O)CCCN(C(=O)c2cc(N)nc(C(C)(C)C)c2)C1. The van der Waals surface area contributed by atoms with E-state index < -0.39 is 5.60 Å². The second-order valence-corrected chi connectivity index (χ2v) is 7.24. The zero-order valence-electron chi connectivity index (χ0n) is 13.3. The van der Waals surface area contributed by atoms with Crippen LogP contribution in [0, 0.1) is 0 Å². The van der Waals surface area contributed by atoms with Gasteiger partial charge in [-0.1, -0.05) is 20.8 Å². The van der Waals surface area contributed by atoms with E-state index in [1.807, 2.05) is 26.8 Å². The number of piperidine rings is 1.